The number of para-hydroxylation sites is 1. The maximum atomic E-state index is 13.4. The third-order valence-corrected chi connectivity index (χ3v) is 7.90. The minimum absolute atomic E-state index is 0.261. The van der Waals surface area contributed by atoms with Gasteiger partial charge in [0.05, 0.1) is 12.7 Å². The Hall–Kier alpha value is -3.64. The van der Waals surface area contributed by atoms with Crippen molar-refractivity contribution >= 4 is 23.4 Å². The Morgan fingerprint density at radius 2 is 1.48 bits per heavy atom. The molecule has 1 aliphatic rings. The lowest BCUT2D eigenvalue weighted by Crippen LogP contribution is -2.35. The number of ether oxygens (including phenoxy) is 1. The topological polar surface area (TPSA) is 70.7 Å². The Balaban J connectivity index is 1.51. The molecule has 0 bridgehead atoms. The number of esters is 1. The van der Waals surface area contributed by atoms with Crippen molar-refractivity contribution < 1.29 is 14.3 Å². The molecule has 212 valence electrons. The summed E-state index contributed by atoms with van der Waals surface area (Å²) in [7, 11) is 1.39. The second kappa shape index (κ2) is 13.6. The van der Waals surface area contributed by atoms with Crippen LogP contribution < -0.4 is 10.6 Å². The van der Waals surface area contributed by atoms with Gasteiger partial charge in [-0.1, -0.05) is 82.3 Å². The Morgan fingerprint density at radius 1 is 0.850 bits per heavy atom. The number of hydrogen-bond acceptors (Lipinski definition) is 4. The van der Waals surface area contributed by atoms with Crippen LogP contribution in [0.15, 0.2) is 66.7 Å². The minimum atomic E-state index is -0.398. The van der Waals surface area contributed by atoms with E-state index in [1.165, 1.54) is 12.7 Å². The molecule has 0 saturated carbocycles. The predicted octanol–water partition coefficient (Wildman–Crippen LogP) is 7.82. The number of carbonyl (C=O) groups is 2. The molecule has 6 nitrogen and oxygen atoms in total. The highest BCUT2D eigenvalue weighted by atomic mass is 16.5. The fraction of sp³-hybridized carbons (Fsp3) is 0.412. The summed E-state index contributed by atoms with van der Waals surface area (Å²) in [5.41, 5.74) is 6.33. The van der Waals surface area contributed by atoms with Crippen molar-refractivity contribution in [3.8, 4) is 0 Å². The van der Waals surface area contributed by atoms with Gasteiger partial charge in [-0.15, -0.1) is 0 Å². The number of benzene rings is 3. The molecule has 1 saturated heterocycles. The summed E-state index contributed by atoms with van der Waals surface area (Å²) in [5.74, 6) is 0.772. The van der Waals surface area contributed by atoms with Gasteiger partial charge >= 0.3 is 12.0 Å². The number of anilines is 2. The van der Waals surface area contributed by atoms with E-state index in [9.17, 15) is 9.59 Å². The summed E-state index contributed by atoms with van der Waals surface area (Å²) in [5, 5.41) is 6.19. The van der Waals surface area contributed by atoms with E-state index in [4.69, 9.17) is 4.74 Å². The van der Waals surface area contributed by atoms with Gasteiger partial charge < -0.3 is 15.4 Å². The molecule has 0 aliphatic carbocycles. The molecule has 1 heterocycles. The van der Waals surface area contributed by atoms with E-state index in [0.29, 0.717) is 23.7 Å². The van der Waals surface area contributed by atoms with Crippen LogP contribution in [0.2, 0.25) is 0 Å². The maximum absolute atomic E-state index is 13.4. The summed E-state index contributed by atoms with van der Waals surface area (Å²) in [4.78, 5) is 28.5. The number of hydrogen-bond donors (Lipinski definition) is 2. The quantitative estimate of drug-likeness (QED) is 0.271. The van der Waals surface area contributed by atoms with Crippen molar-refractivity contribution in [2.45, 2.75) is 65.3 Å². The number of carbonyl (C=O) groups excluding carboxylic acids is 2. The highest BCUT2D eigenvalue weighted by molar-refractivity contribution is 6.03. The molecule has 3 aromatic rings. The highest BCUT2D eigenvalue weighted by Crippen LogP contribution is 2.33. The smallest absolute Gasteiger partial charge is 0.338 e. The number of nitrogens with one attached hydrogen (secondary N) is 2. The van der Waals surface area contributed by atoms with Crippen LogP contribution in [-0.2, 0) is 17.7 Å². The summed E-state index contributed by atoms with van der Waals surface area (Å²) >= 11 is 0. The zero-order valence-corrected chi connectivity index (χ0v) is 24.5. The van der Waals surface area contributed by atoms with Crippen LogP contribution in [0.25, 0.3) is 0 Å². The van der Waals surface area contributed by atoms with Crippen molar-refractivity contribution in [2.75, 3.05) is 30.8 Å². The second-order valence-electron chi connectivity index (χ2n) is 11.4. The third-order valence-electron chi connectivity index (χ3n) is 7.90. The molecular weight excluding hydrogens is 498 g/mol. The van der Waals surface area contributed by atoms with E-state index in [0.717, 1.165) is 54.7 Å². The molecule has 2 amide bonds. The third kappa shape index (κ3) is 7.30. The van der Waals surface area contributed by atoms with E-state index in [-0.39, 0.29) is 17.9 Å². The fourth-order valence-electron chi connectivity index (χ4n) is 5.66. The standard InChI is InChI=1S/C34H43N3O3/c1-23(2)27-13-9-14-28(24(3)4)32(27)36-34(39)35-31-16-10-15-29(33(38)40-5)30(31)22-37-19-17-26(18-20-37)21-25-11-7-6-8-12-25/h6-16,23-24,26H,17-22H2,1-5H3,(H2,35,36,39). The largest absolute Gasteiger partial charge is 0.465 e. The molecule has 40 heavy (non-hydrogen) atoms. The first-order chi connectivity index (χ1) is 19.3. The van der Waals surface area contributed by atoms with Crippen LogP contribution in [0.4, 0.5) is 16.2 Å². The van der Waals surface area contributed by atoms with Crippen molar-refractivity contribution in [1.82, 2.24) is 4.90 Å². The number of nitrogens with zero attached hydrogens (tertiary/aromatic N) is 1. The van der Waals surface area contributed by atoms with Crippen LogP contribution in [0.1, 0.15) is 85.0 Å². The first-order valence-corrected chi connectivity index (χ1v) is 14.4. The van der Waals surface area contributed by atoms with Gasteiger partial charge in [0, 0.05) is 23.5 Å². The Bertz CT molecular complexity index is 1270. The number of piperidine rings is 1. The molecule has 6 heteroatoms. The minimum Gasteiger partial charge on any atom is -0.465 e. The van der Waals surface area contributed by atoms with Gasteiger partial charge in [-0.25, -0.2) is 9.59 Å². The zero-order valence-electron chi connectivity index (χ0n) is 24.5. The number of amides is 2. The van der Waals surface area contributed by atoms with Gasteiger partial charge in [-0.3, -0.25) is 4.90 Å². The number of urea groups is 1. The van der Waals surface area contributed by atoms with E-state index >= 15 is 0 Å². The second-order valence-corrected chi connectivity index (χ2v) is 11.4. The zero-order chi connectivity index (χ0) is 28.6. The lowest BCUT2D eigenvalue weighted by molar-refractivity contribution is 0.0597. The van der Waals surface area contributed by atoms with Crippen LogP contribution in [0.3, 0.4) is 0 Å². The lowest BCUT2D eigenvalue weighted by atomic mass is 9.90. The van der Waals surface area contributed by atoms with Crippen LogP contribution in [0.5, 0.6) is 0 Å². The van der Waals surface area contributed by atoms with Gasteiger partial charge in [0.25, 0.3) is 0 Å². The van der Waals surface area contributed by atoms with E-state index in [1.54, 1.807) is 12.1 Å². The predicted molar refractivity (Wildman–Crippen MR) is 163 cm³/mol. The van der Waals surface area contributed by atoms with Crippen molar-refractivity contribution in [3.63, 3.8) is 0 Å². The van der Waals surface area contributed by atoms with Crippen LogP contribution >= 0.6 is 0 Å². The van der Waals surface area contributed by atoms with Crippen molar-refractivity contribution in [1.29, 1.82) is 0 Å². The van der Waals surface area contributed by atoms with Crippen LogP contribution in [-0.4, -0.2) is 37.1 Å². The first kappa shape index (κ1) is 29.3. The number of rotatable bonds is 9. The van der Waals surface area contributed by atoms with Gasteiger partial charge in [0.1, 0.15) is 0 Å². The van der Waals surface area contributed by atoms with Gasteiger partial charge in [0.2, 0.25) is 0 Å². The average molecular weight is 542 g/mol. The average Bonchev–Trinajstić information content (AvgIpc) is 2.95. The first-order valence-electron chi connectivity index (χ1n) is 14.4. The lowest BCUT2D eigenvalue weighted by Gasteiger charge is -2.33. The molecule has 2 N–H and O–H groups in total. The molecule has 0 radical (unpaired) electrons. The van der Waals surface area contributed by atoms with Gasteiger partial charge in [0.15, 0.2) is 0 Å². The fourth-order valence-corrected chi connectivity index (χ4v) is 5.66. The van der Waals surface area contributed by atoms with Gasteiger partial charge in [-0.05, 0) is 78.9 Å². The monoisotopic (exact) mass is 541 g/mol. The normalized spacial score (nSPS) is 14.4. The Labute approximate surface area is 239 Å². The van der Waals surface area contributed by atoms with Crippen molar-refractivity contribution in [3.05, 3.63) is 94.5 Å². The van der Waals surface area contributed by atoms with E-state index < -0.39 is 5.97 Å². The molecule has 0 unspecified atom stereocenters. The molecule has 4 rings (SSSR count). The molecule has 3 aromatic carbocycles. The molecule has 1 aliphatic heterocycles. The van der Waals surface area contributed by atoms with Crippen molar-refractivity contribution in [2.24, 2.45) is 5.92 Å². The van der Waals surface area contributed by atoms with E-state index in [2.05, 4.69) is 91.8 Å². The summed E-state index contributed by atoms with van der Waals surface area (Å²) in [6.45, 7) is 11.0. The van der Waals surface area contributed by atoms with Gasteiger partial charge in [-0.2, -0.15) is 0 Å². The highest BCUT2D eigenvalue weighted by Gasteiger charge is 2.24. The summed E-state index contributed by atoms with van der Waals surface area (Å²) in [6, 6.07) is 22.0. The maximum Gasteiger partial charge on any atom is 0.338 e. The Kier molecular flexibility index (Phi) is 9.99. The Morgan fingerprint density at radius 3 is 2.08 bits per heavy atom. The molecule has 0 aromatic heterocycles. The summed E-state index contributed by atoms with van der Waals surface area (Å²) in [6.07, 6.45) is 3.29. The molecule has 1 fully saturated rings. The number of likely N-dealkylation sites (tertiary alicyclic amines) is 1. The number of methoxy groups -OCH3 is 1. The summed E-state index contributed by atoms with van der Waals surface area (Å²) < 4.78 is 5.10. The van der Waals surface area contributed by atoms with Crippen LogP contribution in [0, 0.1) is 5.92 Å². The molecular formula is C34H43N3O3. The SMILES string of the molecule is COC(=O)c1cccc(NC(=O)Nc2c(C(C)C)cccc2C(C)C)c1CN1CCC(Cc2ccccc2)CC1. The van der Waals surface area contributed by atoms with E-state index in [1.807, 2.05) is 6.07 Å². The molecule has 0 atom stereocenters. The molecule has 0 spiro atoms.